The molecular formula is C34H34BBrN4O6. The zero-order valence-corrected chi connectivity index (χ0v) is 28.2. The lowest BCUT2D eigenvalue weighted by Gasteiger charge is -2.32. The molecule has 0 radical (unpaired) electrons. The molecule has 6 aromatic rings. The Morgan fingerprint density at radius 3 is 1.67 bits per heavy atom. The van der Waals surface area contributed by atoms with Gasteiger partial charge >= 0.3 is 7.12 Å². The van der Waals surface area contributed by atoms with E-state index in [9.17, 15) is 9.59 Å². The summed E-state index contributed by atoms with van der Waals surface area (Å²) in [5.41, 5.74) is 5.91. The molecule has 4 aromatic heterocycles. The first-order chi connectivity index (χ1) is 21.9. The Morgan fingerprint density at radius 2 is 1.20 bits per heavy atom. The third-order valence-corrected chi connectivity index (χ3v) is 11.0. The van der Waals surface area contributed by atoms with Crippen LogP contribution in [0.2, 0.25) is 0 Å². The number of rotatable bonds is 3. The van der Waals surface area contributed by atoms with Crippen molar-refractivity contribution in [2.24, 2.45) is 0 Å². The first-order valence-corrected chi connectivity index (χ1v) is 16.5. The molecule has 1 saturated heterocycles. The molecule has 1 aliphatic heterocycles. The van der Waals surface area contributed by atoms with Crippen LogP contribution in [0.25, 0.3) is 44.0 Å². The molecular weight excluding hydrogens is 651 g/mol. The molecule has 2 aliphatic carbocycles. The smallest absolute Gasteiger partial charge is 0.443 e. The summed E-state index contributed by atoms with van der Waals surface area (Å²) < 4.78 is 28.3. The maximum atomic E-state index is 13.1. The molecule has 0 unspecified atom stereocenters. The van der Waals surface area contributed by atoms with Crippen molar-refractivity contribution in [1.29, 1.82) is 0 Å². The second-order valence-corrected chi connectivity index (χ2v) is 14.6. The topological polar surface area (TPSA) is 115 Å². The van der Waals surface area contributed by atoms with E-state index in [2.05, 4.69) is 25.9 Å². The van der Waals surface area contributed by atoms with Crippen molar-refractivity contribution in [2.45, 2.75) is 90.5 Å². The summed E-state index contributed by atoms with van der Waals surface area (Å²) in [5, 5.41) is 1.87. The number of fused-ring (bicyclic) bond motifs is 6. The predicted octanol–water partition coefficient (Wildman–Crippen LogP) is 6.63. The molecule has 0 amide bonds. The molecule has 10 nitrogen and oxygen atoms in total. The molecule has 0 atom stereocenters. The Hall–Kier alpha value is -3.74. The van der Waals surface area contributed by atoms with Crippen molar-refractivity contribution in [3.05, 3.63) is 73.4 Å². The Balaban J connectivity index is 0.000000144. The van der Waals surface area contributed by atoms with Crippen LogP contribution in [-0.4, -0.2) is 37.4 Å². The number of pyridine rings is 2. The second-order valence-electron chi connectivity index (χ2n) is 13.7. The minimum absolute atomic E-state index is 0.0417. The fourth-order valence-corrected chi connectivity index (χ4v) is 6.90. The van der Waals surface area contributed by atoms with E-state index < -0.39 is 18.3 Å². The van der Waals surface area contributed by atoms with Crippen molar-refractivity contribution >= 4 is 72.5 Å². The highest BCUT2D eigenvalue weighted by molar-refractivity contribution is 9.10. The van der Waals surface area contributed by atoms with Gasteiger partial charge in [-0.05, 0) is 102 Å². The maximum Gasteiger partial charge on any atom is 0.495 e. The van der Waals surface area contributed by atoms with Gasteiger partial charge in [-0.1, -0.05) is 22.0 Å². The summed E-state index contributed by atoms with van der Waals surface area (Å²) in [6, 6.07) is 8.52. The van der Waals surface area contributed by atoms with Gasteiger partial charge in [-0.3, -0.25) is 9.59 Å². The highest BCUT2D eigenvalue weighted by Gasteiger charge is 2.52. The fourth-order valence-electron chi connectivity index (χ4n) is 6.58. The van der Waals surface area contributed by atoms with Crippen molar-refractivity contribution in [1.82, 2.24) is 19.1 Å². The SMILES string of the molecule is Cc1c(B2OC(C)(C)C(C)(C)O2)ccc2c3ocnc3c(=O)n(C3CC3)c12.Cc1c(Br)ccc2c3ocnc3c(=O)n(C3CC3)c12. The molecule has 3 aliphatic rings. The minimum atomic E-state index is -0.465. The monoisotopic (exact) mass is 684 g/mol. The molecule has 2 saturated carbocycles. The van der Waals surface area contributed by atoms with Gasteiger partial charge in [0.2, 0.25) is 0 Å². The van der Waals surface area contributed by atoms with Crippen LogP contribution in [0, 0.1) is 13.8 Å². The van der Waals surface area contributed by atoms with E-state index in [1.54, 1.807) is 0 Å². The number of hydrogen-bond donors (Lipinski definition) is 0. The van der Waals surface area contributed by atoms with E-state index in [-0.39, 0.29) is 17.2 Å². The van der Waals surface area contributed by atoms with Gasteiger partial charge in [-0.15, -0.1) is 0 Å². The summed E-state index contributed by atoms with van der Waals surface area (Å²) in [5.74, 6) is 0. The van der Waals surface area contributed by atoms with Gasteiger partial charge < -0.3 is 27.3 Å². The first kappa shape index (κ1) is 29.7. The van der Waals surface area contributed by atoms with Crippen LogP contribution in [0.3, 0.4) is 0 Å². The van der Waals surface area contributed by atoms with Gasteiger partial charge in [0.15, 0.2) is 35.0 Å². The maximum absolute atomic E-state index is 13.1. The molecule has 5 heterocycles. The van der Waals surface area contributed by atoms with Crippen molar-refractivity contribution in [2.75, 3.05) is 0 Å². The minimum Gasteiger partial charge on any atom is -0.443 e. The Bertz CT molecular complexity index is 2330. The molecule has 2 aromatic carbocycles. The van der Waals surface area contributed by atoms with E-state index in [1.807, 2.05) is 74.9 Å². The summed E-state index contributed by atoms with van der Waals surface area (Å²) in [6.07, 6.45) is 6.84. The number of hydrogen-bond acceptors (Lipinski definition) is 8. The fraction of sp³-hybridized carbons (Fsp3) is 0.412. The molecule has 0 spiro atoms. The lowest BCUT2D eigenvalue weighted by Crippen LogP contribution is -2.41. The standard InChI is InChI=1S/C20H23BN2O4.C14H11BrN2O2/c1-11-14(21-26-19(2,3)20(4,5)27-21)9-8-13-16(11)23(12-6-7-12)18(24)15-17(13)25-10-22-15;1-7-10(15)5-4-9-12(7)17(8-2-3-8)14(18)11-13(9)19-6-16-11/h8-10,12H,6-7H2,1-5H3;4-6,8H,2-3H2,1H3. The molecule has 0 bridgehead atoms. The van der Waals surface area contributed by atoms with Crippen LogP contribution in [-0.2, 0) is 9.31 Å². The quantitative estimate of drug-likeness (QED) is 0.191. The van der Waals surface area contributed by atoms with Crippen LogP contribution in [0.15, 0.2) is 59.9 Å². The highest BCUT2D eigenvalue weighted by Crippen LogP contribution is 2.41. The van der Waals surface area contributed by atoms with Crippen LogP contribution < -0.4 is 16.6 Å². The third-order valence-electron chi connectivity index (χ3n) is 10.1. The predicted molar refractivity (Wildman–Crippen MR) is 181 cm³/mol. The van der Waals surface area contributed by atoms with Crippen LogP contribution >= 0.6 is 15.9 Å². The van der Waals surface area contributed by atoms with Crippen LogP contribution in [0.5, 0.6) is 0 Å². The number of oxazole rings is 2. The zero-order chi connectivity index (χ0) is 32.3. The van der Waals surface area contributed by atoms with E-state index in [0.29, 0.717) is 28.2 Å². The van der Waals surface area contributed by atoms with Crippen molar-refractivity contribution in [3.63, 3.8) is 0 Å². The van der Waals surface area contributed by atoms with E-state index in [1.165, 1.54) is 12.8 Å². The molecule has 12 heteroatoms. The average Bonchev–Trinajstić information content (AvgIpc) is 3.90. The largest absolute Gasteiger partial charge is 0.495 e. The van der Waals surface area contributed by atoms with Gasteiger partial charge in [-0.25, -0.2) is 9.97 Å². The highest BCUT2D eigenvalue weighted by atomic mass is 79.9. The Morgan fingerprint density at radius 1 is 0.739 bits per heavy atom. The number of aryl methyl sites for hydroxylation is 2. The van der Waals surface area contributed by atoms with E-state index >= 15 is 0 Å². The number of nitrogens with zero attached hydrogens (tertiary/aromatic N) is 4. The number of aromatic nitrogens is 4. The normalized spacial score (nSPS) is 19.0. The average molecular weight is 685 g/mol. The van der Waals surface area contributed by atoms with Crippen LogP contribution in [0.4, 0.5) is 0 Å². The first-order valence-electron chi connectivity index (χ1n) is 15.7. The van der Waals surface area contributed by atoms with Gasteiger partial charge in [0.1, 0.15) is 0 Å². The van der Waals surface area contributed by atoms with Gasteiger partial charge in [0, 0.05) is 27.3 Å². The summed E-state index contributed by atoms with van der Waals surface area (Å²) in [6.45, 7) is 12.2. The molecule has 46 heavy (non-hydrogen) atoms. The lowest BCUT2D eigenvalue weighted by atomic mass is 9.75. The zero-order valence-electron chi connectivity index (χ0n) is 26.6. The second kappa shape index (κ2) is 10.1. The number of benzene rings is 2. The van der Waals surface area contributed by atoms with E-state index in [4.69, 9.17) is 18.1 Å². The lowest BCUT2D eigenvalue weighted by molar-refractivity contribution is 0.00578. The summed E-state index contributed by atoms with van der Waals surface area (Å²) in [7, 11) is -0.465. The third kappa shape index (κ3) is 4.36. The van der Waals surface area contributed by atoms with Crippen molar-refractivity contribution < 1.29 is 18.1 Å². The van der Waals surface area contributed by atoms with Crippen molar-refractivity contribution in [3.8, 4) is 0 Å². The molecule has 236 valence electrons. The van der Waals surface area contributed by atoms with E-state index in [0.717, 1.165) is 68.6 Å². The molecule has 9 rings (SSSR count). The summed E-state index contributed by atoms with van der Waals surface area (Å²) >= 11 is 3.54. The van der Waals surface area contributed by atoms with Crippen LogP contribution in [0.1, 0.15) is 76.6 Å². The summed E-state index contributed by atoms with van der Waals surface area (Å²) in [4.78, 5) is 33.9. The Labute approximate surface area is 273 Å². The van der Waals surface area contributed by atoms with Gasteiger partial charge in [0.05, 0.1) is 22.2 Å². The Kier molecular flexibility index (Phi) is 6.53. The van der Waals surface area contributed by atoms with Gasteiger partial charge in [-0.2, -0.15) is 0 Å². The molecule has 0 N–H and O–H groups in total. The number of halogens is 1. The van der Waals surface area contributed by atoms with Gasteiger partial charge in [0.25, 0.3) is 11.1 Å². The molecule has 3 fully saturated rings.